The van der Waals surface area contributed by atoms with E-state index in [-0.39, 0.29) is 17.9 Å². The molecule has 1 aliphatic rings. The van der Waals surface area contributed by atoms with Crippen molar-refractivity contribution < 1.29 is 9.63 Å². The Hall–Kier alpha value is -0.610. The molecule has 2 N–H and O–H groups in total. The minimum absolute atomic E-state index is 0.00292. The van der Waals surface area contributed by atoms with Gasteiger partial charge < -0.3 is 5.32 Å². The molecular formula is C10H20N2O2. The van der Waals surface area contributed by atoms with Crippen LogP contribution in [0.2, 0.25) is 0 Å². The third-order valence-electron chi connectivity index (χ3n) is 2.45. The van der Waals surface area contributed by atoms with E-state index in [4.69, 9.17) is 4.84 Å². The number of carbonyl (C=O) groups is 1. The lowest BCUT2D eigenvalue weighted by Gasteiger charge is -2.15. The third kappa shape index (κ3) is 3.27. The minimum Gasteiger partial charge on any atom is -0.313 e. The van der Waals surface area contributed by atoms with Gasteiger partial charge in [-0.3, -0.25) is 9.63 Å². The summed E-state index contributed by atoms with van der Waals surface area (Å²) in [6, 6.07) is 0.262. The van der Waals surface area contributed by atoms with Crippen molar-refractivity contribution in [2.75, 3.05) is 13.2 Å². The molecule has 82 valence electrons. The monoisotopic (exact) mass is 200 g/mol. The Kier molecular flexibility index (Phi) is 4.35. The summed E-state index contributed by atoms with van der Waals surface area (Å²) in [4.78, 5) is 16.7. The van der Waals surface area contributed by atoms with Gasteiger partial charge in [-0.1, -0.05) is 13.8 Å². The third-order valence-corrected chi connectivity index (χ3v) is 2.45. The van der Waals surface area contributed by atoms with Crippen molar-refractivity contribution >= 4 is 5.91 Å². The molecule has 14 heavy (non-hydrogen) atoms. The lowest BCUT2D eigenvalue weighted by molar-refractivity contribution is -0.138. The molecule has 1 heterocycles. The molecular weight excluding hydrogens is 180 g/mol. The van der Waals surface area contributed by atoms with E-state index in [1.165, 1.54) is 0 Å². The van der Waals surface area contributed by atoms with Gasteiger partial charge in [-0.05, 0) is 25.8 Å². The lowest BCUT2D eigenvalue weighted by atomic mass is 10.0. The Morgan fingerprint density at radius 3 is 2.86 bits per heavy atom. The van der Waals surface area contributed by atoms with Crippen LogP contribution in [0.5, 0.6) is 0 Å². The number of hydroxylamine groups is 1. The fourth-order valence-electron chi connectivity index (χ4n) is 1.57. The van der Waals surface area contributed by atoms with Gasteiger partial charge >= 0.3 is 0 Å². The first-order chi connectivity index (χ1) is 6.61. The average molecular weight is 200 g/mol. The summed E-state index contributed by atoms with van der Waals surface area (Å²) in [6.07, 6.45) is 0.901. The Bertz CT molecular complexity index is 195. The van der Waals surface area contributed by atoms with Crippen molar-refractivity contribution in [2.45, 2.75) is 33.2 Å². The summed E-state index contributed by atoms with van der Waals surface area (Å²) in [6.45, 7) is 7.61. The van der Waals surface area contributed by atoms with Crippen LogP contribution >= 0.6 is 0 Å². The first kappa shape index (κ1) is 11.5. The largest absolute Gasteiger partial charge is 0.313 e. The average Bonchev–Trinajstić information content (AvgIpc) is 2.50. The van der Waals surface area contributed by atoms with Gasteiger partial charge in [-0.25, -0.2) is 5.48 Å². The molecule has 0 saturated carbocycles. The molecule has 0 aromatic carbocycles. The number of hydrogen-bond acceptors (Lipinski definition) is 3. The van der Waals surface area contributed by atoms with E-state index in [0.717, 1.165) is 13.0 Å². The van der Waals surface area contributed by atoms with Gasteiger partial charge in [-0.15, -0.1) is 0 Å². The van der Waals surface area contributed by atoms with Crippen molar-refractivity contribution in [1.82, 2.24) is 10.8 Å². The summed E-state index contributed by atoms with van der Waals surface area (Å²) in [5.41, 5.74) is 2.51. The maximum absolute atomic E-state index is 11.6. The van der Waals surface area contributed by atoms with Gasteiger partial charge in [-0.2, -0.15) is 0 Å². The lowest BCUT2D eigenvalue weighted by Crippen LogP contribution is -2.37. The minimum atomic E-state index is 0.00292. The molecule has 1 aliphatic heterocycles. The Morgan fingerprint density at radius 1 is 1.64 bits per heavy atom. The van der Waals surface area contributed by atoms with Crippen molar-refractivity contribution in [3.8, 4) is 0 Å². The molecule has 1 amide bonds. The van der Waals surface area contributed by atoms with E-state index >= 15 is 0 Å². The number of amides is 1. The molecule has 0 spiro atoms. The number of nitrogens with one attached hydrogen (secondary N) is 2. The zero-order chi connectivity index (χ0) is 10.6. The Labute approximate surface area is 85.3 Å². The van der Waals surface area contributed by atoms with Crippen LogP contribution < -0.4 is 10.8 Å². The highest BCUT2D eigenvalue weighted by atomic mass is 16.6. The molecule has 4 heteroatoms. The summed E-state index contributed by atoms with van der Waals surface area (Å²) >= 11 is 0. The maximum Gasteiger partial charge on any atom is 0.248 e. The van der Waals surface area contributed by atoms with E-state index in [2.05, 4.69) is 10.8 Å². The van der Waals surface area contributed by atoms with Crippen LogP contribution in [0.15, 0.2) is 0 Å². The molecule has 0 radical (unpaired) electrons. The van der Waals surface area contributed by atoms with E-state index in [9.17, 15) is 4.79 Å². The van der Waals surface area contributed by atoms with Crippen molar-refractivity contribution in [3.63, 3.8) is 0 Å². The second-order valence-electron chi connectivity index (χ2n) is 4.31. The topological polar surface area (TPSA) is 50.4 Å². The first-order valence-electron chi connectivity index (χ1n) is 5.26. The second-order valence-corrected chi connectivity index (χ2v) is 4.31. The summed E-state index contributed by atoms with van der Waals surface area (Å²) < 4.78 is 0. The second kappa shape index (κ2) is 5.32. The maximum atomic E-state index is 11.6. The zero-order valence-corrected chi connectivity index (χ0v) is 9.17. The molecule has 1 fully saturated rings. The molecule has 4 nitrogen and oxygen atoms in total. The Balaban J connectivity index is 2.21. The predicted octanol–water partition coefficient (Wildman–Crippen LogP) is 0.688. The molecule has 1 rings (SSSR count). The highest BCUT2D eigenvalue weighted by Gasteiger charge is 2.29. The van der Waals surface area contributed by atoms with Gasteiger partial charge in [0.2, 0.25) is 5.91 Å². The van der Waals surface area contributed by atoms with Gasteiger partial charge in [0.1, 0.15) is 0 Å². The van der Waals surface area contributed by atoms with Crippen molar-refractivity contribution in [1.29, 1.82) is 0 Å². The van der Waals surface area contributed by atoms with Crippen LogP contribution in [0.25, 0.3) is 0 Å². The zero-order valence-electron chi connectivity index (χ0n) is 9.17. The van der Waals surface area contributed by atoms with E-state index in [0.29, 0.717) is 12.5 Å². The summed E-state index contributed by atoms with van der Waals surface area (Å²) in [5, 5.41) is 3.23. The molecule has 2 atom stereocenters. The molecule has 0 bridgehead atoms. The standard InChI is InChI=1S/C10H20N2O2/c1-7(2)6-14-12-10(13)9-4-5-11-8(9)3/h7-9,11H,4-6H2,1-3H3,(H,12,13). The van der Waals surface area contributed by atoms with Crippen LogP contribution in [-0.4, -0.2) is 25.1 Å². The number of hydrogen-bond donors (Lipinski definition) is 2. The highest BCUT2D eigenvalue weighted by molar-refractivity contribution is 5.78. The predicted molar refractivity (Wildman–Crippen MR) is 54.5 cm³/mol. The van der Waals surface area contributed by atoms with Gasteiger partial charge in [0.25, 0.3) is 0 Å². The van der Waals surface area contributed by atoms with Crippen molar-refractivity contribution in [2.24, 2.45) is 11.8 Å². The normalized spacial score (nSPS) is 26.9. The molecule has 0 aromatic rings. The fraction of sp³-hybridized carbons (Fsp3) is 0.900. The van der Waals surface area contributed by atoms with Crippen LogP contribution in [0.3, 0.4) is 0 Å². The fourth-order valence-corrected chi connectivity index (χ4v) is 1.57. The van der Waals surface area contributed by atoms with E-state index in [1.54, 1.807) is 0 Å². The van der Waals surface area contributed by atoms with Gasteiger partial charge in [0.05, 0.1) is 12.5 Å². The number of rotatable bonds is 4. The van der Waals surface area contributed by atoms with Gasteiger partial charge in [0, 0.05) is 6.04 Å². The quantitative estimate of drug-likeness (QED) is 0.656. The molecule has 0 aliphatic carbocycles. The SMILES string of the molecule is CC(C)CONC(=O)C1CCNC1C. The smallest absolute Gasteiger partial charge is 0.248 e. The van der Waals surface area contributed by atoms with Gasteiger partial charge in [0.15, 0.2) is 0 Å². The molecule has 2 unspecified atom stereocenters. The van der Waals surface area contributed by atoms with Crippen LogP contribution in [-0.2, 0) is 9.63 Å². The highest BCUT2D eigenvalue weighted by Crippen LogP contribution is 2.14. The van der Waals surface area contributed by atoms with Crippen molar-refractivity contribution in [3.05, 3.63) is 0 Å². The van der Waals surface area contributed by atoms with E-state index in [1.807, 2.05) is 20.8 Å². The van der Waals surface area contributed by atoms with Crippen LogP contribution in [0.1, 0.15) is 27.2 Å². The summed E-state index contributed by atoms with van der Waals surface area (Å²) in [7, 11) is 0. The number of carbonyl (C=O) groups excluding carboxylic acids is 1. The molecule has 0 aromatic heterocycles. The summed E-state index contributed by atoms with van der Waals surface area (Å²) in [5.74, 6) is 0.500. The van der Waals surface area contributed by atoms with Crippen LogP contribution in [0, 0.1) is 11.8 Å². The van der Waals surface area contributed by atoms with Crippen LogP contribution in [0.4, 0.5) is 0 Å². The molecule has 1 saturated heterocycles. The Morgan fingerprint density at radius 2 is 2.36 bits per heavy atom. The van der Waals surface area contributed by atoms with E-state index < -0.39 is 0 Å². The first-order valence-corrected chi connectivity index (χ1v) is 5.26.